The zero-order valence-corrected chi connectivity index (χ0v) is 11.4. The van der Waals surface area contributed by atoms with E-state index in [0.717, 1.165) is 11.4 Å². The molecule has 2 rings (SSSR count). The molecule has 0 radical (unpaired) electrons. The van der Waals surface area contributed by atoms with Crippen LogP contribution in [0.4, 0.5) is 5.69 Å². The Morgan fingerprint density at radius 2 is 2.26 bits per heavy atom. The van der Waals surface area contributed by atoms with E-state index in [4.69, 9.17) is 11.6 Å². The van der Waals surface area contributed by atoms with E-state index < -0.39 is 0 Å². The minimum Gasteiger partial charge on any atom is -0.379 e. The predicted molar refractivity (Wildman–Crippen MR) is 73.2 cm³/mol. The number of benzene rings is 1. The Labute approximate surface area is 115 Å². The van der Waals surface area contributed by atoms with Gasteiger partial charge in [0.2, 0.25) is 0 Å². The number of halogens is 1. The maximum Gasteiger partial charge on any atom is 0.252 e. The van der Waals surface area contributed by atoms with Gasteiger partial charge in [-0.25, -0.2) is 0 Å². The second-order valence-electron chi connectivity index (χ2n) is 4.01. The zero-order valence-electron chi connectivity index (χ0n) is 10.6. The summed E-state index contributed by atoms with van der Waals surface area (Å²) >= 11 is 5.98. The molecule has 2 aromatic rings. The third-order valence-electron chi connectivity index (χ3n) is 2.56. The molecule has 0 aliphatic rings. The number of hydrogen-bond donors (Lipinski definition) is 2. The average molecular weight is 280 g/mol. The van der Waals surface area contributed by atoms with E-state index in [1.54, 1.807) is 23.9 Å². The van der Waals surface area contributed by atoms with E-state index in [1.165, 1.54) is 0 Å². The van der Waals surface area contributed by atoms with Gasteiger partial charge in [-0.05, 0) is 18.2 Å². The topological polar surface area (TPSA) is 71.8 Å². The molecule has 1 heterocycles. The van der Waals surface area contributed by atoms with Gasteiger partial charge in [0.1, 0.15) is 5.69 Å². The van der Waals surface area contributed by atoms with Gasteiger partial charge >= 0.3 is 0 Å². The van der Waals surface area contributed by atoms with Gasteiger partial charge in [-0.2, -0.15) is 0 Å². The number of nitrogens with one attached hydrogen (secondary N) is 2. The van der Waals surface area contributed by atoms with E-state index in [0.29, 0.717) is 17.1 Å². The highest BCUT2D eigenvalue weighted by Crippen LogP contribution is 2.20. The summed E-state index contributed by atoms with van der Waals surface area (Å²) in [7, 11) is 3.38. The molecule has 19 heavy (non-hydrogen) atoms. The van der Waals surface area contributed by atoms with Gasteiger partial charge in [-0.15, -0.1) is 5.10 Å². The molecular weight excluding hydrogens is 266 g/mol. The molecule has 2 N–H and O–H groups in total. The van der Waals surface area contributed by atoms with Crippen LogP contribution in [0.25, 0.3) is 0 Å². The first-order valence-electron chi connectivity index (χ1n) is 5.71. The Morgan fingerprint density at radius 1 is 1.47 bits per heavy atom. The largest absolute Gasteiger partial charge is 0.379 e. The lowest BCUT2D eigenvalue weighted by Gasteiger charge is -2.08. The van der Waals surface area contributed by atoms with Crippen molar-refractivity contribution >= 4 is 23.2 Å². The van der Waals surface area contributed by atoms with Crippen LogP contribution in [0, 0.1) is 0 Å². The number of nitrogens with zero attached hydrogens (tertiary/aromatic N) is 3. The molecule has 0 bridgehead atoms. The van der Waals surface area contributed by atoms with Gasteiger partial charge in [-0.1, -0.05) is 16.8 Å². The monoisotopic (exact) mass is 279 g/mol. The molecule has 1 amide bonds. The molecule has 100 valence electrons. The lowest BCUT2D eigenvalue weighted by atomic mass is 10.2. The van der Waals surface area contributed by atoms with Crippen molar-refractivity contribution in [1.82, 2.24) is 20.3 Å². The van der Waals surface area contributed by atoms with Crippen molar-refractivity contribution in [2.75, 3.05) is 12.4 Å². The van der Waals surface area contributed by atoms with Crippen LogP contribution in [0.3, 0.4) is 0 Å². The van der Waals surface area contributed by atoms with Crippen LogP contribution in [0.1, 0.15) is 16.1 Å². The molecule has 6 nitrogen and oxygen atoms in total. The number of amides is 1. The number of rotatable bonds is 4. The van der Waals surface area contributed by atoms with Crippen molar-refractivity contribution in [2.45, 2.75) is 6.54 Å². The first-order valence-corrected chi connectivity index (χ1v) is 6.08. The van der Waals surface area contributed by atoms with Gasteiger partial charge < -0.3 is 10.6 Å². The van der Waals surface area contributed by atoms with Gasteiger partial charge in [0.15, 0.2) is 0 Å². The molecular formula is C12H14ClN5O. The molecule has 0 spiro atoms. The SMILES string of the molecule is CNC(=O)c1cc(NCc2cn(C)nn2)ccc1Cl. The summed E-state index contributed by atoms with van der Waals surface area (Å²) in [6.45, 7) is 0.530. The van der Waals surface area contributed by atoms with Crippen molar-refractivity contribution in [3.05, 3.63) is 40.7 Å². The summed E-state index contributed by atoms with van der Waals surface area (Å²) in [5, 5.41) is 13.9. The maximum absolute atomic E-state index is 11.6. The molecule has 0 fully saturated rings. The van der Waals surface area contributed by atoms with E-state index in [1.807, 2.05) is 19.3 Å². The fourth-order valence-electron chi connectivity index (χ4n) is 1.61. The van der Waals surface area contributed by atoms with Crippen LogP contribution in [0.2, 0.25) is 5.02 Å². The Hall–Kier alpha value is -2.08. The highest BCUT2D eigenvalue weighted by atomic mass is 35.5. The molecule has 0 saturated carbocycles. The second-order valence-corrected chi connectivity index (χ2v) is 4.42. The quantitative estimate of drug-likeness (QED) is 0.888. The van der Waals surface area contributed by atoms with E-state index in [2.05, 4.69) is 20.9 Å². The summed E-state index contributed by atoms with van der Waals surface area (Å²) in [5.74, 6) is -0.215. The molecule has 7 heteroatoms. The van der Waals surface area contributed by atoms with Crippen molar-refractivity contribution < 1.29 is 4.79 Å². The van der Waals surface area contributed by atoms with Crippen LogP contribution in [0.15, 0.2) is 24.4 Å². The molecule has 0 unspecified atom stereocenters. The van der Waals surface area contributed by atoms with Crippen molar-refractivity contribution in [2.24, 2.45) is 7.05 Å². The van der Waals surface area contributed by atoms with E-state index >= 15 is 0 Å². The second kappa shape index (κ2) is 5.71. The van der Waals surface area contributed by atoms with E-state index in [-0.39, 0.29) is 5.91 Å². The number of anilines is 1. The summed E-state index contributed by atoms with van der Waals surface area (Å²) in [6, 6.07) is 5.20. The van der Waals surface area contributed by atoms with Crippen LogP contribution in [-0.2, 0) is 13.6 Å². The Balaban J connectivity index is 2.10. The number of carbonyl (C=O) groups is 1. The van der Waals surface area contributed by atoms with Crippen molar-refractivity contribution in [3.8, 4) is 0 Å². The zero-order chi connectivity index (χ0) is 13.8. The maximum atomic E-state index is 11.6. The number of aryl methyl sites for hydroxylation is 1. The lowest BCUT2D eigenvalue weighted by molar-refractivity contribution is 0.0963. The summed E-state index contributed by atoms with van der Waals surface area (Å²) in [4.78, 5) is 11.6. The Bertz CT molecular complexity index is 596. The molecule has 0 aliphatic carbocycles. The summed E-state index contributed by atoms with van der Waals surface area (Å²) < 4.78 is 1.63. The van der Waals surface area contributed by atoms with Crippen LogP contribution < -0.4 is 10.6 Å². The molecule has 1 aromatic carbocycles. The first kappa shape index (κ1) is 13.4. The smallest absolute Gasteiger partial charge is 0.252 e. The molecule has 0 saturated heterocycles. The molecule has 0 atom stereocenters. The van der Waals surface area contributed by atoms with Crippen LogP contribution >= 0.6 is 11.6 Å². The first-order chi connectivity index (χ1) is 9.10. The highest BCUT2D eigenvalue weighted by Gasteiger charge is 2.09. The minimum absolute atomic E-state index is 0.215. The number of aromatic nitrogens is 3. The number of carbonyl (C=O) groups excluding carboxylic acids is 1. The standard InChI is InChI=1S/C12H14ClN5O/c1-14-12(19)10-5-8(3-4-11(10)13)15-6-9-7-18(2)17-16-9/h3-5,7,15H,6H2,1-2H3,(H,14,19). The van der Waals surface area contributed by atoms with Gasteiger partial charge in [-0.3, -0.25) is 9.48 Å². The van der Waals surface area contributed by atoms with Crippen molar-refractivity contribution in [3.63, 3.8) is 0 Å². The fourth-order valence-corrected chi connectivity index (χ4v) is 1.82. The Morgan fingerprint density at radius 3 is 2.89 bits per heavy atom. The van der Waals surface area contributed by atoms with Gasteiger partial charge in [0.25, 0.3) is 5.91 Å². The fraction of sp³-hybridized carbons (Fsp3) is 0.250. The van der Waals surface area contributed by atoms with Gasteiger partial charge in [0, 0.05) is 26.0 Å². The van der Waals surface area contributed by atoms with E-state index in [9.17, 15) is 4.79 Å². The normalized spacial score (nSPS) is 10.3. The highest BCUT2D eigenvalue weighted by molar-refractivity contribution is 6.34. The van der Waals surface area contributed by atoms with Crippen LogP contribution in [-0.4, -0.2) is 27.9 Å². The van der Waals surface area contributed by atoms with Gasteiger partial charge in [0.05, 0.1) is 17.1 Å². The third kappa shape index (κ3) is 3.23. The van der Waals surface area contributed by atoms with Crippen LogP contribution in [0.5, 0.6) is 0 Å². The third-order valence-corrected chi connectivity index (χ3v) is 2.89. The molecule has 1 aromatic heterocycles. The molecule has 0 aliphatic heterocycles. The number of hydrogen-bond acceptors (Lipinski definition) is 4. The average Bonchev–Trinajstić information content (AvgIpc) is 2.83. The minimum atomic E-state index is -0.215. The predicted octanol–water partition coefficient (Wildman–Crippen LogP) is 1.44. The Kier molecular flexibility index (Phi) is 4.01. The summed E-state index contributed by atoms with van der Waals surface area (Å²) in [6.07, 6.45) is 1.82. The summed E-state index contributed by atoms with van der Waals surface area (Å²) in [5.41, 5.74) is 2.06. The van der Waals surface area contributed by atoms with Crippen molar-refractivity contribution in [1.29, 1.82) is 0 Å². The lowest BCUT2D eigenvalue weighted by Crippen LogP contribution is -2.18.